The van der Waals surface area contributed by atoms with Crippen LogP contribution in [-0.2, 0) is 23.0 Å². The number of carbonyl (C=O) groups is 1. The van der Waals surface area contributed by atoms with E-state index in [1.165, 1.54) is 6.92 Å². The fourth-order valence-electron chi connectivity index (χ4n) is 1.35. The molecule has 0 saturated carbocycles. The topological polar surface area (TPSA) is 71.8 Å². The Labute approximate surface area is 89.2 Å². The summed E-state index contributed by atoms with van der Waals surface area (Å²) in [6.07, 6.45) is 4.06. The molecule has 2 atom stereocenters. The van der Waals surface area contributed by atoms with Gasteiger partial charge in [-0.1, -0.05) is 0 Å². The number of hydrogen-bond donors (Lipinski definition) is 1. The van der Waals surface area contributed by atoms with E-state index >= 15 is 0 Å². The van der Waals surface area contributed by atoms with E-state index in [-0.39, 0.29) is 18.1 Å². The van der Waals surface area contributed by atoms with Crippen LogP contribution in [0.15, 0.2) is 12.5 Å². The van der Waals surface area contributed by atoms with Crippen LogP contribution in [0.5, 0.6) is 0 Å². The first-order chi connectivity index (χ1) is 6.99. The van der Waals surface area contributed by atoms with Gasteiger partial charge in [0, 0.05) is 26.6 Å². The second kappa shape index (κ2) is 4.93. The average Bonchev–Trinajstić information content (AvgIpc) is 2.49. The molecule has 5 heteroatoms. The van der Waals surface area contributed by atoms with Gasteiger partial charge in [0.2, 0.25) is 0 Å². The van der Waals surface area contributed by atoms with Crippen LogP contribution in [0.4, 0.5) is 0 Å². The van der Waals surface area contributed by atoms with Crippen molar-refractivity contribution in [3.63, 3.8) is 0 Å². The number of carbonyl (C=O) groups excluding carboxylic acids is 1. The van der Waals surface area contributed by atoms with Crippen LogP contribution in [-0.4, -0.2) is 27.7 Å². The highest BCUT2D eigenvalue weighted by Crippen LogP contribution is 2.06. The molecule has 0 aliphatic heterocycles. The molecule has 1 rings (SSSR count). The molecule has 1 aromatic rings. The summed E-state index contributed by atoms with van der Waals surface area (Å²) in [5.74, 6) is -0.272. The fourth-order valence-corrected chi connectivity index (χ4v) is 1.35. The highest BCUT2D eigenvalue weighted by atomic mass is 16.5. The summed E-state index contributed by atoms with van der Waals surface area (Å²) >= 11 is 0. The molecule has 0 bridgehead atoms. The minimum atomic E-state index is -0.272. The minimum Gasteiger partial charge on any atom is -0.456 e. The quantitative estimate of drug-likeness (QED) is 0.685. The Morgan fingerprint density at radius 1 is 1.73 bits per heavy atom. The van der Waals surface area contributed by atoms with Crippen molar-refractivity contribution >= 4 is 5.97 Å². The molecule has 0 spiro atoms. The fraction of sp³-hybridized carbons (Fsp3) is 0.600. The molecule has 2 unspecified atom stereocenters. The molecule has 0 aliphatic carbocycles. The lowest BCUT2D eigenvalue weighted by Gasteiger charge is -2.16. The van der Waals surface area contributed by atoms with E-state index in [1.807, 2.05) is 24.7 Å². The molecule has 1 aromatic heterocycles. The van der Waals surface area contributed by atoms with Crippen molar-refractivity contribution in [3.8, 4) is 0 Å². The molecule has 15 heavy (non-hydrogen) atoms. The zero-order valence-electron chi connectivity index (χ0n) is 9.43. The third-order valence-corrected chi connectivity index (χ3v) is 2.12. The average molecular weight is 212 g/mol. The molecule has 0 radical (unpaired) electrons. The molecular weight excluding hydrogens is 194 g/mol. The standard InChI is InChI=1S/C10H17N3O2/c1-7(11)10(15-8(2)14)4-9-5-13(3)6-12-9/h5-7,10H,4,11H2,1-3H3/p+1. The predicted molar refractivity (Wildman–Crippen MR) is 54.8 cm³/mol. The summed E-state index contributed by atoms with van der Waals surface area (Å²) in [4.78, 5) is 15.1. The number of esters is 1. The molecule has 3 N–H and O–H groups in total. The Balaban J connectivity index is 2.62. The lowest BCUT2D eigenvalue weighted by Crippen LogP contribution is -2.65. The van der Waals surface area contributed by atoms with Crippen molar-refractivity contribution in [2.75, 3.05) is 0 Å². The van der Waals surface area contributed by atoms with Gasteiger partial charge < -0.3 is 15.0 Å². The summed E-state index contributed by atoms with van der Waals surface area (Å²) < 4.78 is 7.04. The summed E-state index contributed by atoms with van der Waals surface area (Å²) in [7, 11) is 1.91. The van der Waals surface area contributed by atoms with Gasteiger partial charge in [0.1, 0.15) is 6.04 Å². The third kappa shape index (κ3) is 3.71. The van der Waals surface area contributed by atoms with E-state index in [0.29, 0.717) is 6.42 Å². The van der Waals surface area contributed by atoms with Crippen LogP contribution >= 0.6 is 0 Å². The summed E-state index contributed by atoms with van der Waals surface area (Å²) in [5, 5.41) is 0. The van der Waals surface area contributed by atoms with Crippen LogP contribution in [0, 0.1) is 0 Å². The summed E-state index contributed by atoms with van der Waals surface area (Å²) in [5.41, 5.74) is 4.80. The first-order valence-electron chi connectivity index (χ1n) is 4.96. The Morgan fingerprint density at radius 2 is 2.40 bits per heavy atom. The van der Waals surface area contributed by atoms with Crippen LogP contribution in [0.2, 0.25) is 0 Å². The minimum absolute atomic E-state index is 0.0518. The lowest BCUT2D eigenvalue weighted by atomic mass is 10.1. The molecule has 0 aliphatic rings. The van der Waals surface area contributed by atoms with Crippen molar-refractivity contribution in [3.05, 3.63) is 18.2 Å². The van der Waals surface area contributed by atoms with E-state index in [2.05, 4.69) is 10.7 Å². The monoisotopic (exact) mass is 212 g/mol. The van der Waals surface area contributed by atoms with Crippen LogP contribution in [0.1, 0.15) is 19.5 Å². The van der Waals surface area contributed by atoms with Gasteiger partial charge in [0.05, 0.1) is 12.0 Å². The van der Waals surface area contributed by atoms with Crippen molar-refractivity contribution < 1.29 is 15.3 Å². The second-order valence-corrected chi connectivity index (χ2v) is 3.86. The van der Waals surface area contributed by atoms with Gasteiger partial charge in [-0.25, -0.2) is 4.98 Å². The lowest BCUT2D eigenvalue weighted by molar-refractivity contribution is -0.431. The maximum atomic E-state index is 10.9. The van der Waals surface area contributed by atoms with Crippen molar-refractivity contribution in [2.24, 2.45) is 7.05 Å². The Morgan fingerprint density at radius 3 is 2.80 bits per heavy atom. The Kier molecular flexibility index (Phi) is 3.85. The van der Waals surface area contributed by atoms with E-state index in [1.54, 1.807) is 6.33 Å². The van der Waals surface area contributed by atoms with Gasteiger partial charge in [-0.05, 0) is 6.92 Å². The number of ether oxygens (including phenoxy) is 1. The highest BCUT2D eigenvalue weighted by Gasteiger charge is 2.21. The largest absolute Gasteiger partial charge is 0.456 e. The van der Waals surface area contributed by atoms with Gasteiger partial charge >= 0.3 is 5.97 Å². The molecule has 5 nitrogen and oxygen atoms in total. The number of quaternary nitrogens is 1. The molecule has 0 fully saturated rings. The van der Waals surface area contributed by atoms with Crippen molar-refractivity contribution in [1.29, 1.82) is 0 Å². The van der Waals surface area contributed by atoms with E-state index in [9.17, 15) is 4.79 Å². The summed E-state index contributed by atoms with van der Waals surface area (Å²) in [6, 6.07) is 0.0518. The molecule has 1 heterocycles. The van der Waals surface area contributed by atoms with Crippen molar-refractivity contribution in [2.45, 2.75) is 32.4 Å². The number of imidazole rings is 1. The molecule has 84 valence electrons. The SMILES string of the molecule is CC(=O)OC(Cc1cn(C)cn1)C(C)[NH3+]. The van der Waals surface area contributed by atoms with Gasteiger partial charge in [-0.15, -0.1) is 0 Å². The second-order valence-electron chi connectivity index (χ2n) is 3.86. The first-order valence-corrected chi connectivity index (χ1v) is 4.96. The Hall–Kier alpha value is -1.36. The zero-order valence-corrected chi connectivity index (χ0v) is 9.43. The van der Waals surface area contributed by atoms with Gasteiger partial charge in [-0.2, -0.15) is 0 Å². The number of aryl methyl sites for hydroxylation is 1. The summed E-state index contributed by atoms with van der Waals surface area (Å²) in [6.45, 7) is 3.34. The predicted octanol–water partition coefficient (Wildman–Crippen LogP) is -0.475. The zero-order chi connectivity index (χ0) is 11.4. The van der Waals surface area contributed by atoms with Crippen LogP contribution < -0.4 is 5.73 Å². The number of rotatable bonds is 4. The number of aromatic nitrogens is 2. The normalized spacial score (nSPS) is 14.7. The van der Waals surface area contributed by atoms with E-state index in [4.69, 9.17) is 4.74 Å². The number of hydrogen-bond acceptors (Lipinski definition) is 3. The van der Waals surface area contributed by atoms with Gasteiger partial charge in [0.15, 0.2) is 6.10 Å². The van der Waals surface area contributed by atoms with Gasteiger partial charge in [-0.3, -0.25) is 4.79 Å². The van der Waals surface area contributed by atoms with Gasteiger partial charge in [0.25, 0.3) is 0 Å². The molecule has 0 saturated heterocycles. The van der Waals surface area contributed by atoms with Crippen LogP contribution in [0.25, 0.3) is 0 Å². The van der Waals surface area contributed by atoms with E-state index < -0.39 is 0 Å². The molecule has 0 aromatic carbocycles. The van der Waals surface area contributed by atoms with Crippen molar-refractivity contribution in [1.82, 2.24) is 9.55 Å². The van der Waals surface area contributed by atoms with Crippen LogP contribution in [0.3, 0.4) is 0 Å². The molecule has 0 amide bonds. The van der Waals surface area contributed by atoms with E-state index in [0.717, 1.165) is 5.69 Å². The maximum absolute atomic E-state index is 10.9. The number of nitrogens with zero attached hydrogens (tertiary/aromatic N) is 2. The Bertz CT molecular complexity index is 333. The first kappa shape index (κ1) is 11.7. The smallest absolute Gasteiger partial charge is 0.303 e. The third-order valence-electron chi connectivity index (χ3n) is 2.12. The maximum Gasteiger partial charge on any atom is 0.303 e. The molecular formula is C10H18N3O2+. The highest BCUT2D eigenvalue weighted by molar-refractivity contribution is 5.66.